The Labute approximate surface area is 128 Å². The Morgan fingerprint density at radius 1 is 1.14 bits per heavy atom. The summed E-state index contributed by atoms with van der Waals surface area (Å²) in [6.07, 6.45) is 0. The van der Waals surface area contributed by atoms with Crippen LogP contribution >= 0.6 is 0 Å². The molecule has 3 aromatic rings. The minimum absolute atomic E-state index is 0.235. The summed E-state index contributed by atoms with van der Waals surface area (Å²) in [6.45, 7) is 6.28. The first-order valence-electron chi connectivity index (χ1n) is 7.43. The molecular weight excluding hydrogens is 281 g/mol. The molecule has 0 radical (unpaired) electrons. The van der Waals surface area contributed by atoms with E-state index in [1.165, 1.54) is 12.1 Å². The summed E-state index contributed by atoms with van der Waals surface area (Å²) < 4.78 is 20.9. The van der Waals surface area contributed by atoms with E-state index in [0.717, 1.165) is 21.8 Å². The summed E-state index contributed by atoms with van der Waals surface area (Å²) in [6, 6.07) is 10.5. The Balaban J connectivity index is 2.33. The predicted molar refractivity (Wildman–Crippen MR) is 85.7 cm³/mol. The van der Waals surface area contributed by atoms with Crippen molar-refractivity contribution >= 4 is 27.8 Å². The van der Waals surface area contributed by atoms with Crippen LogP contribution in [0.4, 0.5) is 4.39 Å². The van der Waals surface area contributed by atoms with Gasteiger partial charge >= 0.3 is 5.97 Å². The minimum atomic E-state index is -0.355. The van der Waals surface area contributed by atoms with Crippen LogP contribution in [0.15, 0.2) is 36.4 Å². The number of ether oxygens (including phenoxy) is 1. The van der Waals surface area contributed by atoms with E-state index in [2.05, 4.69) is 18.4 Å². The van der Waals surface area contributed by atoms with Crippen molar-refractivity contribution in [2.24, 2.45) is 0 Å². The molecule has 0 spiro atoms. The fraction of sp³-hybridized carbons (Fsp3) is 0.278. The number of benzene rings is 2. The third-order valence-corrected chi connectivity index (χ3v) is 3.79. The second-order valence-corrected chi connectivity index (χ2v) is 5.58. The van der Waals surface area contributed by atoms with Gasteiger partial charge in [0.15, 0.2) is 0 Å². The van der Waals surface area contributed by atoms with Crippen LogP contribution in [0.5, 0.6) is 0 Å². The van der Waals surface area contributed by atoms with Crippen LogP contribution in [0.1, 0.15) is 37.2 Å². The zero-order valence-corrected chi connectivity index (χ0v) is 12.9. The zero-order valence-electron chi connectivity index (χ0n) is 12.9. The number of halogens is 1. The average Bonchev–Trinajstić information content (AvgIpc) is 2.80. The first-order valence-corrected chi connectivity index (χ1v) is 7.43. The quantitative estimate of drug-likeness (QED) is 0.657. The van der Waals surface area contributed by atoms with Crippen LogP contribution in [-0.2, 0) is 4.74 Å². The van der Waals surface area contributed by atoms with E-state index in [4.69, 9.17) is 4.74 Å². The van der Waals surface area contributed by atoms with Gasteiger partial charge in [-0.2, -0.15) is 0 Å². The summed E-state index contributed by atoms with van der Waals surface area (Å²) in [4.78, 5) is 11.9. The molecule has 1 aromatic heterocycles. The van der Waals surface area contributed by atoms with Gasteiger partial charge in [-0.3, -0.25) is 0 Å². The molecule has 0 bridgehead atoms. The molecule has 114 valence electrons. The van der Waals surface area contributed by atoms with Gasteiger partial charge in [0.05, 0.1) is 12.2 Å². The molecule has 0 unspecified atom stereocenters. The lowest BCUT2D eigenvalue weighted by molar-refractivity contribution is 0.0526. The first kappa shape index (κ1) is 14.6. The van der Waals surface area contributed by atoms with Crippen molar-refractivity contribution < 1.29 is 13.9 Å². The molecule has 0 aliphatic carbocycles. The smallest absolute Gasteiger partial charge is 0.338 e. The second-order valence-electron chi connectivity index (χ2n) is 5.58. The van der Waals surface area contributed by atoms with Crippen molar-refractivity contribution in [2.45, 2.75) is 26.8 Å². The summed E-state index contributed by atoms with van der Waals surface area (Å²) in [5, 5.41) is 1.68. The maximum Gasteiger partial charge on any atom is 0.338 e. The highest BCUT2D eigenvalue weighted by Crippen LogP contribution is 2.33. The Kier molecular flexibility index (Phi) is 3.61. The van der Waals surface area contributed by atoms with Gasteiger partial charge in [0.25, 0.3) is 0 Å². The predicted octanol–water partition coefficient (Wildman–Crippen LogP) is 4.69. The Hall–Kier alpha value is -2.36. The lowest BCUT2D eigenvalue weighted by atomic mass is 10.1. The molecule has 0 atom stereocenters. The number of rotatable bonds is 3. The molecule has 0 fully saturated rings. The number of fused-ring (bicyclic) bond motifs is 3. The van der Waals surface area contributed by atoms with E-state index < -0.39 is 0 Å². The number of aromatic nitrogens is 1. The van der Waals surface area contributed by atoms with Crippen molar-refractivity contribution in [3.63, 3.8) is 0 Å². The molecule has 0 saturated heterocycles. The van der Waals surface area contributed by atoms with Gasteiger partial charge in [0.2, 0.25) is 0 Å². The van der Waals surface area contributed by atoms with Crippen molar-refractivity contribution in [2.75, 3.05) is 6.61 Å². The zero-order chi connectivity index (χ0) is 15.9. The van der Waals surface area contributed by atoms with Gasteiger partial charge in [-0.1, -0.05) is 0 Å². The fourth-order valence-corrected chi connectivity index (χ4v) is 2.92. The molecule has 4 heteroatoms. The maximum absolute atomic E-state index is 13.7. The van der Waals surface area contributed by atoms with Crippen LogP contribution in [0, 0.1) is 5.82 Å². The number of esters is 1. The Bertz CT molecular complexity index is 864. The molecule has 0 aliphatic rings. The normalized spacial score (nSPS) is 11.5. The SMILES string of the molecule is CCOC(=O)c1ccc2c(c1)c1cc(F)ccc1n2C(C)C. The van der Waals surface area contributed by atoms with Crippen molar-refractivity contribution in [1.29, 1.82) is 0 Å². The van der Waals surface area contributed by atoms with Crippen LogP contribution < -0.4 is 0 Å². The third kappa shape index (κ3) is 2.25. The molecular formula is C18H18FNO2. The van der Waals surface area contributed by atoms with Crippen molar-refractivity contribution in [3.8, 4) is 0 Å². The summed E-state index contributed by atoms with van der Waals surface area (Å²) in [7, 11) is 0. The molecule has 1 heterocycles. The highest BCUT2D eigenvalue weighted by molar-refractivity contribution is 6.10. The molecule has 3 rings (SSSR count). The first-order chi connectivity index (χ1) is 10.5. The van der Waals surface area contributed by atoms with E-state index >= 15 is 0 Å². The van der Waals surface area contributed by atoms with Gasteiger partial charge in [-0.25, -0.2) is 9.18 Å². The van der Waals surface area contributed by atoms with Crippen molar-refractivity contribution in [3.05, 3.63) is 47.8 Å². The summed E-state index contributed by atoms with van der Waals surface area (Å²) >= 11 is 0. The van der Waals surface area contributed by atoms with Gasteiger partial charge < -0.3 is 9.30 Å². The Morgan fingerprint density at radius 3 is 2.41 bits per heavy atom. The number of carbonyl (C=O) groups is 1. The van der Waals surface area contributed by atoms with Gasteiger partial charge in [0, 0.05) is 27.8 Å². The number of nitrogens with zero attached hydrogens (tertiary/aromatic N) is 1. The van der Waals surface area contributed by atoms with Crippen LogP contribution in [0.3, 0.4) is 0 Å². The highest BCUT2D eigenvalue weighted by atomic mass is 19.1. The van der Waals surface area contributed by atoms with E-state index in [1.807, 2.05) is 6.07 Å². The number of hydrogen-bond acceptors (Lipinski definition) is 2. The second kappa shape index (κ2) is 5.44. The Morgan fingerprint density at radius 2 is 1.77 bits per heavy atom. The van der Waals surface area contributed by atoms with Gasteiger partial charge in [0.1, 0.15) is 5.82 Å². The topological polar surface area (TPSA) is 31.2 Å². The fourth-order valence-electron chi connectivity index (χ4n) is 2.92. The molecule has 22 heavy (non-hydrogen) atoms. The van der Waals surface area contributed by atoms with Gasteiger partial charge in [-0.05, 0) is 57.2 Å². The maximum atomic E-state index is 13.7. The van der Waals surface area contributed by atoms with Crippen LogP contribution in [0.25, 0.3) is 21.8 Å². The molecule has 2 aromatic carbocycles. The molecule has 0 amide bonds. The van der Waals surface area contributed by atoms with E-state index in [0.29, 0.717) is 12.2 Å². The van der Waals surface area contributed by atoms with Crippen LogP contribution in [0.2, 0.25) is 0 Å². The monoisotopic (exact) mass is 299 g/mol. The van der Waals surface area contributed by atoms with E-state index in [1.54, 1.807) is 25.1 Å². The minimum Gasteiger partial charge on any atom is -0.462 e. The standard InChI is InChI=1S/C18H18FNO2/c1-4-22-18(21)12-5-7-16-14(9-12)15-10-13(19)6-8-17(15)20(16)11(2)3/h5-11H,4H2,1-3H3. The largest absolute Gasteiger partial charge is 0.462 e. The van der Waals surface area contributed by atoms with Gasteiger partial charge in [-0.15, -0.1) is 0 Å². The molecule has 0 N–H and O–H groups in total. The molecule has 0 saturated carbocycles. The average molecular weight is 299 g/mol. The summed E-state index contributed by atoms with van der Waals surface area (Å²) in [5.74, 6) is -0.636. The summed E-state index contributed by atoms with van der Waals surface area (Å²) in [5.41, 5.74) is 2.44. The van der Waals surface area contributed by atoms with E-state index in [9.17, 15) is 9.18 Å². The lowest BCUT2D eigenvalue weighted by Crippen LogP contribution is -2.04. The molecule has 0 aliphatic heterocycles. The lowest BCUT2D eigenvalue weighted by Gasteiger charge is -2.11. The number of hydrogen-bond donors (Lipinski definition) is 0. The van der Waals surface area contributed by atoms with Crippen molar-refractivity contribution in [1.82, 2.24) is 4.57 Å². The van der Waals surface area contributed by atoms with Crippen LogP contribution in [-0.4, -0.2) is 17.1 Å². The third-order valence-electron chi connectivity index (χ3n) is 3.79. The number of carbonyl (C=O) groups excluding carboxylic acids is 1. The molecule has 3 nitrogen and oxygen atoms in total. The van der Waals surface area contributed by atoms with E-state index in [-0.39, 0.29) is 17.8 Å². The highest BCUT2D eigenvalue weighted by Gasteiger charge is 2.16.